The summed E-state index contributed by atoms with van der Waals surface area (Å²) in [5, 5.41) is 11.4. The summed E-state index contributed by atoms with van der Waals surface area (Å²) in [5.74, 6) is 0. The molecule has 1 aromatic carbocycles. The third kappa shape index (κ3) is 2.20. The molecule has 0 saturated carbocycles. The third-order valence-electron chi connectivity index (χ3n) is 1.39. The van der Waals surface area contributed by atoms with Crippen molar-refractivity contribution in [2.24, 2.45) is 0 Å². The zero-order valence-electron chi connectivity index (χ0n) is 6.34. The van der Waals surface area contributed by atoms with E-state index in [1.54, 1.807) is 6.07 Å². The van der Waals surface area contributed by atoms with Crippen LogP contribution in [-0.4, -0.2) is 6.41 Å². The zero-order chi connectivity index (χ0) is 9.84. The predicted molar refractivity (Wildman–Crippen MR) is 53.6 cm³/mol. The van der Waals surface area contributed by atoms with Crippen molar-refractivity contribution in [3.63, 3.8) is 0 Å². The average Bonchev–Trinajstić information content (AvgIpc) is 2.10. The van der Waals surface area contributed by atoms with Crippen molar-refractivity contribution in [1.29, 1.82) is 5.26 Å². The molecule has 0 radical (unpaired) electrons. The van der Waals surface area contributed by atoms with Crippen molar-refractivity contribution in [3.8, 4) is 6.07 Å². The molecule has 0 aromatic heterocycles. The van der Waals surface area contributed by atoms with E-state index in [9.17, 15) is 4.79 Å². The summed E-state index contributed by atoms with van der Waals surface area (Å²) in [4.78, 5) is 10.1. The fourth-order valence-electron chi connectivity index (χ4n) is 0.809. The molecule has 0 unspecified atom stereocenters. The molecule has 13 heavy (non-hydrogen) atoms. The van der Waals surface area contributed by atoms with Crippen LogP contribution in [0.5, 0.6) is 0 Å². The molecule has 0 spiro atoms. The van der Waals surface area contributed by atoms with Gasteiger partial charge in [-0.2, -0.15) is 5.26 Å². The van der Waals surface area contributed by atoms with Gasteiger partial charge in [-0.1, -0.05) is 11.6 Å². The van der Waals surface area contributed by atoms with E-state index in [0.717, 1.165) is 0 Å². The van der Waals surface area contributed by atoms with Gasteiger partial charge in [0.15, 0.2) is 0 Å². The number of carbonyl (C=O) groups excluding carboxylic acids is 1. The molecule has 0 aliphatic heterocycles. The maximum atomic E-state index is 10.1. The van der Waals surface area contributed by atoms with E-state index in [1.807, 2.05) is 6.07 Å². The Morgan fingerprint density at radius 1 is 1.62 bits per heavy atom. The summed E-state index contributed by atoms with van der Waals surface area (Å²) in [5.41, 5.74) is 0.852. The monoisotopic (exact) mass is 258 g/mol. The van der Waals surface area contributed by atoms with Gasteiger partial charge in [0.2, 0.25) is 6.41 Å². The Balaban J connectivity index is 3.23. The first kappa shape index (κ1) is 10.0. The van der Waals surface area contributed by atoms with Gasteiger partial charge < -0.3 is 5.32 Å². The number of anilines is 1. The largest absolute Gasteiger partial charge is 0.327 e. The second kappa shape index (κ2) is 4.26. The molecule has 0 atom stereocenters. The lowest BCUT2D eigenvalue weighted by molar-refractivity contribution is -0.105. The third-order valence-corrected chi connectivity index (χ3v) is 2.36. The second-order valence-corrected chi connectivity index (χ2v) is 3.45. The Kier molecular flexibility index (Phi) is 3.29. The highest BCUT2D eigenvalue weighted by Gasteiger charge is 2.05. The fraction of sp³-hybridized carbons (Fsp3) is 0. The van der Waals surface area contributed by atoms with E-state index in [0.29, 0.717) is 27.2 Å². The van der Waals surface area contributed by atoms with Crippen molar-refractivity contribution in [3.05, 3.63) is 27.2 Å². The summed E-state index contributed by atoms with van der Waals surface area (Å²) in [7, 11) is 0. The van der Waals surface area contributed by atoms with E-state index in [1.165, 1.54) is 6.07 Å². The first-order valence-corrected chi connectivity index (χ1v) is 4.45. The van der Waals surface area contributed by atoms with Crippen LogP contribution >= 0.6 is 27.5 Å². The number of nitrogens with one attached hydrogen (secondary N) is 1. The highest BCUT2D eigenvalue weighted by molar-refractivity contribution is 9.10. The van der Waals surface area contributed by atoms with Crippen molar-refractivity contribution >= 4 is 39.6 Å². The first-order chi connectivity index (χ1) is 6.19. The van der Waals surface area contributed by atoms with Gasteiger partial charge in [-0.05, 0) is 28.1 Å². The molecule has 0 heterocycles. The summed E-state index contributed by atoms with van der Waals surface area (Å²) in [6, 6.07) is 5.02. The minimum Gasteiger partial charge on any atom is -0.327 e. The molecule has 0 aliphatic rings. The number of amides is 1. The topological polar surface area (TPSA) is 52.9 Å². The lowest BCUT2D eigenvalue weighted by Crippen LogP contribution is -1.95. The van der Waals surface area contributed by atoms with Crippen LogP contribution in [0.3, 0.4) is 0 Å². The minimum absolute atomic E-state index is 0.387. The molecule has 1 N–H and O–H groups in total. The Morgan fingerprint density at radius 3 is 2.85 bits per heavy atom. The van der Waals surface area contributed by atoms with Crippen molar-refractivity contribution in [2.75, 3.05) is 5.32 Å². The molecule has 1 aromatic rings. The van der Waals surface area contributed by atoms with Crippen LogP contribution in [0.1, 0.15) is 5.56 Å². The quantitative estimate of drug-likeness (QED) is 0.830. The summed E-state index contributed by atoms with van der Waals surface area (Å²) >= 11 is 8.95. The van der Waals surface area contributed by atoms with Gasteiger partial charge >= 0.3 is 0 Å². The van der Waals surface area contributed by atoms with Crippen LogP contribution in [-0.2, 0) is 4.79 Å². The number of rotatable bonds is 2. The van der Waals surface area contributed by atoms with E-state index < -0.39 is 0 Å². The van der Waals surface area contributed by atoms with Crippen molar-refractivity contribution < 1.29 is 4.79 Å². The second-order valence-electron chi connectivity index (χ2n) is 2.19. The smallest absolute Gasteiger partial charge is 0.211 e. The molecule has 3 nitrogen and oxygen atoms in total. The standard InChI is InChI=1S/C8H4BrClN2O/c9-6-2-7(10)8(12-4-13)1-5(6)3-11/h1-2,4H,(H,12,13). The Morgan fingerprint density at radius 2 is 2.31 bits per heavy atom. The highest BCUT2D eigenvalue weighted by Crippen LogP contribution is 2.28. The Hall–Kier alpha value is -1.05. The molecular weight excluding hydrogens is 255 g/mol. The van der Waals surface area contributed by atoms with Gasteiger partial charge in [0, 0.05) is 4.47 Å². The van der Waals surface area contributed by atoms with E-state index in [2.05, 4.69) is 21.2 Å². The average molecular weight is 259 g/mol. The minimum atomic E-state index is 0.387. The van der Waals surface area contributed by atoms with Crippen molar-refractivity contribution in [2.45, 2.75) is 0 Å². The van der Waals surface area contributed by atoms with E-state index >= 15 is 0 Å². The van der Waals surface area contributed by atoms with Gasteiger partial charge in [0.25, 0.3) is 0 Å². The summed E-state index contributed by atoms with van der Waals surface area (Å²) in [6.45, 7) is 0. The van der Waals surface area contributed by atoms with Gasteiger partial charge in [-0.15, -0.1) is 0 Å². The van der Waals surface area contributed by atoms with E-state index in [-0.39, 0.29) is 0 Å². The number of nitrogens with zero attached hydrogens (tertiary/aromatic N) is 1. The molecule has 0 aliphatic carbocycles. The lowest BCUT2D eigenvalue weighted by atomic mass is 10.2. The number of halogens is 2. The molecule has 0 saturated heterocycles. The maximum absolute atomic E-state index is 10.1. The van der Waals surface area contributed by atoms with Gasteiger partial charge in [-0.3, -0.25) is 4.79 Å². The number of nitriles is 1. The first-order valence-electron chi connectivity index (χ1n) is 3.28. The fourth-order valence-corrected chi connectivity index (χ4v) is 1.59. The van der Waals surface area contributed by atoms with Gasteiger partial charge in [0.1, 0.15) is 6.07 Å². The van der Waals surface area contributed by atoms with Crippen molar-refractivity contribution in [1.82, 2.24) is 0 Å². The van der Waals surface area contributed by atoms with Gasteiger partial charge in [0.05, 0.1) is 16.3 Å². The molecule has 5 heteroatoms. The Bertz CT molecular complexity index is 386. The Labute approximate surface area is 88.4 Å². The maximum Gasteiger partial charge on any atom is 0.211 e. The van der Waals surface area contributed by atoms with Crippen LogP contribution in [0.15, 0.2) is 16.6 Å². The molecule has 66 valence electrons. The molecule has 0 bridgehead atoms. The normalized spacial score (nSPS) is 9.00. The number of carbonyl (C=O) groups is 1. The number of hydrogen-bond acceptors (Lipinski definition) is 2. The number of benzene rings is 1. The highest BCUT2D eigenvalue weighted by atomic mass is 79.9. The van der Waals surface area contributed by atoms with Crippen LogP contribution in [0.25, 0.3) is 0 Å². The molecule has 0 fully saturated rings. The zero-order valence-corrected chi connectivity index (χ0v) is 8.69. The van der Waals surface area contributed by atoms with Crippen LogP contribution in [0, 0.1) is 11.3 Å². The molecule has 1 amide bonds. The van der Waals surface area contributed by atoms with Gasteiger partial charge in [-0.25, -0.2) is 0 Å². The summed E-state index contributed by atoms with van der Waals surface area (Å²) < 4.78 is 0.608. The molecular formula is C8H4BrClN2O. The SMILES string of the molecule is N#Cc1cc(NC=O)c(Cl)cc1Br. The van der Waals surface area contributed by atoms with Crippen LogP contribution < -0.4 is 5.32 Å². The number of hydrogen-bond donors (Lipinski definition) is 1. The predicted octanol–water partition coefficient (Wildman–Crippen LogP) is 2.54. The molecule has 1 rings (SSSR count). The van der Waals surface area contributed by atoms with E-state index in [4.69, 9.17) is 16.9 Å². The van der Waals surface area contributed by atoms with Crippen LogP contribution in [0.2, 0.25) is 5.02 Å². The lowest BCUT2D eigenvalue weighted by Gasteiger charge is -2.03. The van der Waals surface area contributed by atoms with Crippen LogP contribution in [0.4, 0.5) is 5.69 Å². The summed E-state index contributed by atoms with van der Waals surface area (Å²) in [6.07, 6.45) is 0.510.